The Hall–Kier alpha value is -3.85. The molecule has 3 aromatic carbocycles. The van der Waals surface area contributed by atoms with Gasteiger partial charge in [-0.05, 0) is 63.9 Å². The molecule has 0 spiro atoms. The van der Waals surface area contributed by atoms with E-state index in [9.17, 15) is 18.0 Å². The van der Waals surface area contributed by atoms with Crippen molar-refractivity contribution in [2.24, 2.45) is 0 Å². The summed E-state index contributed by atoms with van der Waals surface area (Å²) in [4.78, 5) is 29.1. The van der Waals surface area contributed by atoms with Crippen LogP contribution < -0.4 is 14.4 Å². The monoisotopic (exact) mass is 565 g/mol. The van der Waals surface area contributed by atoms with Crippen LogP contribution in [0.5, 0.6) is 5.75 Å². The van der Waals surface area contributed by atoms with Crippen molar-refractivity contribution in [2.75, 3.05) is 18.0 Å². The Labute approximate surface area is 238 Å². The SMILES string of the molecule is CC[C@@H](C(=O)NC(C)(C)C)N(Cc1cccc(C)c1)C(=O)CN(c1cccc(OC)c1)S(=O)(=O)c1ccccc1. The van der Waals surface area contributed by atoms with Crippen molar-refractivity contribution in [1.82, 2.24) is 10.2 Å². The minimum absolute atomic E-state index is 0.0494. The largest absolute Gasteiger partial charge is 0.497 e. The topological polar surface area (TPSA) is 96.0 Å². The number of amides is 2. The molecule has 8 nitrogen and oxygen atoms in total. The summed E-state index contributed by atoms with van der Waals surface area (Å²) in [5.41, 5.74) is 1.63. The second-order valence-electron chi connectivity index (χ2n) is 10.7. The first-order valence-corrected chi connectivity index (χ1v) is 14.7. The van der Waals surface area contributed by atoms with Crippen LogP contribution in [-0.4, -0.2) is 50.4 Å². The number of aryl methyl sites for hydroxylation is 1. The van der Waals surface area contributed by atoms with Gasteiger partial charge in [-0.1, -0.05) is 61.0 Å². The van der Waals surface area contributed by atoms with Crippen molar-refractivity contribution in [3.05, 3.63) is 90.0 Å². The average Bonchev–Trinajstić information content (AvgIpc) is 2.91. The first-order chi connectivity index (χ1) is 18.9. The maximum absolute atomic E-state index is 14.1. The smallest absolute Gasteiger partial charge is 0.264 e. The molecule has 0 radical (unpaired) electrons. The molecule has 0 saturated carbocycles. The van der Waals surface area contributed by atoms with Crippen LogP contribution in [0.25, 0.3) is 0 Å². The molecular weight excluding hydrogens is 526 g/mol. The first-order valence-electron chi connectivity index (χ1n) is 13.2. The minimum atomic E-state index is -4.14. The molecule has 3 aromatic rings. The number of methoxy groups -OCH3 is 1. The van der Waals surface area contributed by atoms with Crippen LogP contribution in [0.15, 0.2) is 83.8 Å². The Balaban J connectivity index is 2.08. The van der Waals surface area contributed by atoms with Gasteiger partial charge in [-0.25, -0.2) is 8.42 Å². The fourth-order valence-electron chi connectivity index (χ4n) is 4.39. The van der Waals surface area contributed by atoms with E-state index in [1.54, 1.807) is 42.5 Å². The molecule has 0 aliphatic heterocycles. The van der Waals surface area contributed by atoms with Gasteiger partial charge in [-0.2, -0.15) is 0 Å². The highest BCUT2D eigenvalue weighted by Gasteiger charge is 2.34. The lowest BCUT2D eigenvalue weighted by Gasteiger charge is -2.35. The van der Waals surface area contributed by atoms with E-state index in [0.29, 0.717) is 12.2 Å². The quantitative estimate of drug-likeness (QED) is 0.356. The number of hydrogen-bond acceptors (Lipinski definition) is 5. The lowest BCUT2D eigenvalue weighted by Crippen LogP contribution is -2.55. The van der Waals surface area contributed by atoms with Gasteiger partial charge in [0.1, 0.15) is 18.3 Å². The van der Waals surface area contributed by atoms with Crippen LogP contribution in [0, 0.1) is 6.92 Å². The highest BCUT2D eigenvalue weighted by Crippen LogP contribution is 2.28. The van der Waals surface area contributed by atoms with Crippen molar-refractivity contribution >= 4 is 27.5 Å². The fourth-order valence-corrected chi connectivity index (χ4v) is 5.82. The zero-order valence-corrected chi connectivity index (χ0v) is 24.9. The summed E-state index contributed by atoms with van der Waals surface area (Å²) in [6.45, 7) is 9.06. The number of ether oxygens (including phenoxy) is 1. The van der Waals surface area contributed by atoms with E-state index >= 15 is 0 Å². The van der Waals surface area contributed by atoms with Gasteiger partial charge < -0.3 is 15.0 Å². The van der Waals surface area contributed by atoms with Crippen LogP contribution in [0.2, 0.25) is 0 Å². The molecule has 1 atom stereocenters. The molecule has 1 N–H and O–H groups in total. The Bertz CT molecular complexity index is 1420. The normalized spacial score (nSPS) is 12.3. The van der Waals surface area contributed by atoms with Crippen LogP contribution >= 0.6 is 0 Å². The Morgan fingerprint density at radius 1 is 0.950 bits per heavy atom. The third-order valence-electron chi connectivity index (χ3n) is 6.27. The van der Waals surface area contributed by atoms with E-state index in [1.807, 2.05) is 58.9 Å². The standard InChI is InChI=1S/C31H39N3O5S/c1-7-28(30(36)32-31(3,4)5)33(21-24-14-11-13-23(2)19-24)29(35)22-34(25-15-12-16-26(20-25)39-6)40(37,38)27-17-9-8-10-18-27/h8-20,28H,7,21-22H2,1-6H3,(H,32,36)/t28-/m0/s1. The van der Waals surface area contributed by atoms with Gasteiger partial charge >= 0.3 is 0 Å². The molecule has 9 heteroatoms. The zero-order chi connectivity index (χ0) is 29.5. The van der Waals surface area contributed by atoms with Crippen molar-refractivity contribution in [2.45, 2.75) is 64.1 Å². The number of benzene rings is 3. The number of anilines is 1. The number of nitrogens with zero attached hydrogens (tertiary/aromatic N) is 2. The highest BCUT2D eigenvalue weighted by atomic mass is 32.2. The third-order valence-corrected chi connectivity index (χ3v) is 8.06. The van der Waals surface area contributed by atoms with Crippen LogP contribution in [0.1, 0.15) is 45.2 Å². The molecule has 3 rings (SSSR count). The predicted molar refractivity (Wildman–Crippen MR) is 158 cm³/mol. The second-order valence-corrected chi connectivity index (χ2v) is 12.6. The molecule has 0 aliphatic carbocycles. The number of carbonyl (C=O) groups excluding carboxylic acids is 2. The maximum atomic E-state index is 14.1. The maximum Gasteiger partial charge on any atom is 0.264 e. The van der Waals surface area contributed by atoms with E-state index in [1.165, 1.54) is 24.1 Å². The van der Waals surface area contributed by atoms with Gasteiger partial charge in [0.25, 0.3) is 10.0 Å². The van der Waals surface area contributed by atoms with E-state index < -0.39 is 34.1 Å². The van der Waals surface area contributed by atoms with Crippen LogP contribution in [0.3, 0.4) is 0 Å². The average molecular weight is 566 g/mol. The summed E-state index contributed by atoms with van der Waals surface area (Å²) in [6, 6.07) is 21.4. The number of rotatable bonds is 11. The lowest BCUT2D eigenvalue weighted by atomic mass is 10.0. The number of nitrogens with one attached hydrogen (secondary N) is 1. The molecule has 0 unspecified atom stereocenters. The Kier molecular flexibility index (Phi) is 9.98. The Morgan fingerprint density at radius 2 is 1.62 bits per heavy atom. The Morgan fingerprint density at radius 3 is 2.23 bits per heavy atom. The van der Waals surface area contributed by atoms with Gasteiger partial charge in [-0.15, -0.1) is 0 Å². The van der Waals surface area contributed by atoms with Crippen molar-refractivity contribution in [3.63, 3.8) is 0 Å². The van der Waals surface area contributed by atoms with Crippen molar-refractivity contribution < 1.29 is 22.7 Å². The molecule has 2 amide bonds. The van der Waals surface area contributed by atoms with Gasteiger partial charge in [0.15, 0.2) is 0 Å². The molecule has 0 heterocycles. The molecular formula is C31H39N3O5S. The number of sulfonamides is 1. The lowest BCUT2D eigenvalue weighted by molar-refractivity contribution is -0.141. The summed E-state index contributed by atoms with van der Waals surface area (Å²) in [6.07, 6.45) is 0.351. The van der Waals surface area contributed by atoms with Gasteiger partial charge in [0.2, 0.25) is 11.8 Å². The van der Waals surface area contributed by atoms with E-state index in [-0.39, 0.29) is 23.0 Å². The second kappa shape index (κ2) is 13.0. The molecule has 40 heavy (non-hydrogen) atoms. The number of carbonyl (C=O) groups is 2. The summed E-state index contributed by atoms with van der Waals surface area (Å²) in [7, 11) is -2.65. The van der Waals surface area contributed by atoms with E-state index in [4.69, 9.17) is 4.74 Å². The van der Waals surface area contributed by atoms with Crippen LogP contribution in [0.4, 0.5) is 5.69 Å². The predicted octanol–water partition coefficient (Wildman–Crippen LogP) is 4.92. The summed E-state index contributed by atoms with van der Waals surface area (Å²) < 4.78 is 34.2. The third kappa shape index (κ3) is 7.85. The van der Waals surface area contributed by atoms with Crippen LogP contribution in [-0.2, 0) is 26.2 Å². The highest BCUT2D eigenvalue weighted by molar-refractivity contribution is 7.92. The molecule has 0 bridgehead atoms. The first kappa shape index (κ1) is 30.7. The molecule has 0 fully saturated rings. The minimum Gasteiger partial charge on any atom is -0.497 e. The summed E-state index contributed by atoms with van der Waals surface area (Å²) in [5.74, 6) is -0.347. The van der Waals surface area contributed by atoms with E-state index in [2.05, 4.69) is 5.32 Å². The number of hydrogen-bond donors (Lipinski definition) is 1. The molecule has 214 valence electrons. The summed E-state index contributed by atoms with van der Waals surface area (Å²) >= 11 is 0. The van der Waals surface area contributed by atoms with Crippen molar-refractivity contribution in [1.29, 1.82) is 0 Å². The summed E-state index contributed by atoms with van der Waals surface area (Å²) in [5, 5.41) is 2.98. The van der Waals surface area contributed by atoms with Gasteiger partial charge in [-0.3, -0.25) is 13.9 Å². The van der Waals surface area contributed by atoms with Crippen molar-refractivity contribution in [3.8, 4) is 5.75 Å². The van der Waals surface area contributed by atoms with Gasteiger partial charge in [0.05, 0.1) is 17.7 Å². The van der Waals surface area contributed by atoms with Gasteiger partial charge in [0, 0.05) is 18.2 Å². The zero-order valence-electron chi connectivity index (χ0n) is 24.0. The van der Waals surface area contributed by atoms with E-state index in [0.717, 1.165) is 15.4 Å². The fraction of sp³-hybridized carbons (Fsp3) is 0.355. The molecule has 0 aliphatic rings. The molecule has 0 saturated heterocycles. The molecule has 0 aromatic heterocycles.